The summed E-state index contributed by atoms with van der Waals surface area (Å²) in [6, 6.07) is 10.8. The number of carbonyl (C=O) groups is 1. The largest absolute Gasteiger partial charge is 0.481 e. The van der Waals surface area contributed by atoms with Crippen molar-refractivity contribution in [3.8, 4) is 0 Å². The maximum Gasteiger partial charge on any atom is 0.312 e. The molecule has 0 bridgehead atoms. The van der Waals surface area contributed by atoms with Crippen molar-refractivity contribution in [3.05, 3.63) is 62.8 Å². The minimum atomic E-state index is -0.880. The Kier molecular flexibility index (Phi) is 4.78. The summed E-state index contributed by atoms with van der Waals surface area (Å²) >= 11 is 9.20. The van der Waals surface area contributed by atoms with E-state index in [1.54, 1.807) is 18.2 Å². The molecule has 1 aromatic heterocycles. The summed E-state index contributed by atoms with van der Waals surface area (Å²) in [5, 5.41) is 10.1. The van der Waals surface area contributed by atoms with Gasteiger partial charge in [-0.1, -0.05) is 23.7 Å². The number of carboxylic acid groups (broad SMARTS) is 1. The van der Waals surface area contributed by atoms with Gasteiger partial charge in [-0.15, -0.1) is 0 Å². The SMILES string of the molecule is Cc1nc(C(Cc2ccc(Cl)cc2)C(=O)O)ccc1Br. The lowest BCUT2D eigenvalue weighted by atomic mass is 9.95. The summed E-state index contributed by atoms with van der Waals surface area (Å²) in [5.41, 5.74) is 2.27. The van der Waals surface area contributed by atoms with Crippen LogP contribution in [0.2, 0.25) is 5.02 Å². The van der Waals surface area contributed by atoms with Gasteiger partial charge in [0.15, 0.2) is 0 Å². The molecule has 1 heterocycles. The van der Waals surface area contributed by atoms with Crippen molar-refractivity contribution in [1.82, 2.24) is 4.98 Å². The topological polar surface area (TPSA) is 50.2 Å². The number of halogens is 2. The molecule has 3 nitrogen and oxygen atoms in total. The van der Waals surface area contributed by atoms with Crippen molar-refractivity contribution in [2.24, 2.45) is 0 Å². The number of hydrogen-bond donors (Lipinski definition) is 1. The van der Waals surface area contributed by atoms with Crippen molar-refractivity contribution in [2.75, 3.05) is 0 Å². The third kappa shape index (κ3) is 3.58. The Hall–Kier alpha value is -1.39. The van der Waals surface area contributed by atoms with Gasteiger partial charge in [-0.3, -0.25) is 9.78 Å². The monoisotopic (exact) mass is 353 g/mol. The Morgan fingerprint density at radius 1 is 1.30 bits per heavy atom. The van der Waals surface area contributed by atoms with E-state index in [-0.39, 0.29) is 0 Å². The van der Waals surface area contributed by atoms with Gasteiger partial charge in [0.25, 0.3) is 0 Å². The zero-order valence-electron chi connectivity index (χ0n) is 10.8. The predicted molar refractivity (Wildman–Crippen MR) is 82.2 cm³/mol. The quantitative estimate of drug-likeness (QED) is 0.894. The predicted octanol–water partition coefficient (Wildman–Crippen LogP) is 4.22. The van der Waals surface area contributed by atoms with Crippen molar-refractivity contribution >= 4 is 33.5 Å². The van der Waals surface area contributed by atoms with Crippen molar-refractivity contribution in [1.29, 1.82) is 0 Å². The Balaban J connectivity index is 2.29. The van der Waals surface area contributed by atoms with E-state index in [4.69, 9.17) is 11.6 Å². The fourth-order valence-electron chi connectivity index (χ4n) is 1.93. The molecule has 2 rings (SSSR count). The van der Waals surface area contributed by atoms with Gasteiger partial charge in [0.05, 0.1) is 11.4 Å². The van der Waals surface area contributed by atoms with Crippen LogP contribution in [-0.4, -0.2) is 16.1 Å². The van der Waals surface area contributed by atoms with E-state index in [1.807, 2.05) is 25.1 Å². The molecule has 0 fully saturated rings. The number of benzene rings is 1. The molecule has 104 valence electrons. The molecule has 0 aliphatic carbocycles. The molecule has 1 N–H and O–H groups in total. The molecule has 5 heteroatoms. The summed E-state index contributed by atoms with van der Waals surface area (Å²) in [6.07, 6.45) is 0.389. The molecule has 1 unspecified atom stereocenters. The molecule has 2 aromatic rings. The summed E-state index contributed by atoms with van der Waals surface area (Å²) in [6.45, 7) is 1.84. The first-order chi connectivity index (χ1) is 9.47. The molecule has 0 saturated heterocycles. The van der Waals surface area contributed by atoms with Gasteiger partial charge in [-0.2, -0.15) is 0 Å². The molecule has 1 aromatic carbocycles. The number of nitrogens with zero attached hydrogens (tertiary/aromatic N) is 1. The number of hydrogen-bond acceptors (Lipinski definition) is 2. The van der Waals surface area contributed by atoms with Crippen LogP contribution in [-0.2, 0) is 11.2 Å². The first-order valence-electron chi connectivity index (χ1n) is 6.07. The minimum Gasteiger partial charge on any atom is -0.481 e. The highest BCUT2D eigenvalue weighted by molar-refractivity contribution is 9.10. The van der Waals surface area contributed by atoms with Crippen LogP contribution in [0.3, 0.4) is 0 Å². The van der Waals surface area contributed by atoms with E-state index in [9.17, 15) is 9.90 Å². The fourth-order valence-corrected chi connectivity index (χ4v) is 2.28. The fraction of sp³-hybridized carbons (Fsp3) is 0.200. The standard InChI is InChI=1S/C15H13BrClNO2/c1-9-13(16)6-7-14(18-9)12(15(19)20)8-10-2-4-11(17)5-3-10/h2-7,12H,8H2,1H3,(H,19,20). The van der Waals surface area contributed by atoms with Gasteiger partial charge in [0, 0.05) is 9.50 Å². The number of aryl methyl sites for hydroxylation is 1. The Morgan fingerprint density at radius 3 is 2.50 bits per heavy atom. The first-order valence-corrected chi connectivity index (χ1v) is 7.25. The number of aliphatic carboxylic acids is 1. The van der Waals surface area contributed by atoms with Crippen LogP contribution >= 0.6 is 27.5 Å². The maximum absolute atomic E-state index is 11.5. The van der Waals surface area contributed by atoms with Gasteiger partial charge < -0.3 is 5.11 Å². The smallest absolute Gasteiger partial charge is 0.312 e. The summed E-state index contributed by atoms with van der Waals surface area (Å²) in [5.74, 6) is -1.54. The molecule has 0 radical (unpaired) electrons. The highest BCUT2D eigenvalue weighted by Gasteiger charge is 2.22. The van der Waals surface area contributed by atoms with Crippen molar-refractivity contribution in [2.45, 2.75) is 19.3 Å². The van der Waals surface area contributed by atoms with E-state index in [1.165, 1.54) is 0 Å². The Morgan fingerprint density at radius 2 is 1.95 bits per heavy atom. The van der Waals surface area contributed by atoms with Crippen LogP contribution in [0.5, 0.6) is 0 Å². The second-order valence-corrected chi connectivity index (χ2v) is 5.82. The normalized spacial score (nSPS) is 12.2. The van der Waals surface area contributed by atoms with Crippen LogP contribution in [0.25, 0.3) is 0 Å². The minimum absolute atomic E-state index is 0.389. The maximum atomic E-state index is 11.5. The second-order valence-electron chi connectivity index (χ2n) is 4.52. The van der Waals surface area contributed by atoms with E-state index >= 15 is 0 Å². The van der Waals surface area contributed by atoms with Crippen molar-refractivity contribution in [3.63, 3.8) is 0 Å². The highest BCUT2D eigenvalue weighted by Crippen LogP contribution is 2.23. The van der Waals surface area contributed by atoms with Gasteiger partial charge in [0.1, 0.15) is 5.92 Å². The third-order valence-electron chi connectivity index (χ3n) is 3.05. The number of pyridine rings is 1. The molecule has 0 saturated carbocycles. The molecular weight excluding hydrogens is 342 g/mol. The van der Waals surface area contributed by atoms with E-state index in [0.717, 1.165) is 15.7 Å². The average Bonchev–Trinajstić information content (AvgIpc) is 2.41. The number of rotatable bonds is 4. The van der Waals surface area contributed by atoms with Gasteiger partial charge >= 0.3 is 5.97 Å². The summed E-state index contributed by atoms with van der Waals surface area (Å²) in [7, 11) is 0. The lowest BCUT2D eigenvalue weighted by Crippen LogP contribution is -2.16. The van der Waals surface area contributed by atoms with E-state index in [0.29, 0.717) is 17.1 Å². The van der Waals surface area contributed by atoms with Crippen molar-refractivity contribution < 1.29 is 9.90 Å². The average molecular weight is 355 g/mol. The van der Waals surface area contributed by atoms with Crippen LogP contribution < -0.4 is 0 Å². The molecule has 0 spiro atoms. The van der Waals surface area contributed by atoms with Gasteiger partial charge in [0.2, 0.25) is 0 Å². The van der Waals surface area contributed by atoms with Crippen LogP contribution in [0, 0.1) is 6.92 Å². The highest BCUT2D eigenvalue weighted by atomic mass is 79.9. The molecule has 0 aliphatic heterocycles. The number of carboxylic acids is 1. The van der Waals surface area contributed by atoms with Crippen LogP contribution in [0.1, 0.15) is 22.9 Å². The zero-order chi connectivity index (χ0) is 14.7. The van der Waals surface area contributed by atoms with Gasteiger partial charge in [-0.05, 0) is 59.1 Å². The van der Waals surface area contributed by atoms with Gasteiger partial charge in [-0.25, -0.2) is 0 Å². The molecule has 0 amide bonds. The molecular formula is C15H13BrClNO2. The van der Waals surface area contributed by atoms with E-state index in [2.05, 4.69) is 20.9 Å². The third-order valence-corrected chi connectivity index (χ3v) is 4.14. The summed E-state index contributed by atoms with van der Waals surface area (Å²) in [4.78, 5) is 15.8. The van der Waals surface area contributed by atoms with Crippen LogP contribution in [0.15, 0.2) is 40.9 Å². The zero-order valence-corrected chi connectivity index (χ0v) is 13.1. The number of aromatic nitrogens is 1. The lowest BCUT2D eigenvalue weighted by Gasteiger charge is -2.13. The Bertz CT molecular complexity index is 628. The lowest BCUT2D eigenvalue weighted by molar-refractivity contribution is -0.138. The Labute approximate surface area is 130 Å². The molecule has 1 atom stereocenters. The second kappa shape index (κ2) is 6.37. The molecule has 0 aliphatic rings. The molecule has 20 heavy (non-hydrogen) atoms. The van der Waals surface area contributed by atoms with Crippen LogP contribution in [0.4, 0.5) is 0 Å². The van der Waals surface area contributed by atoms with E-state index < -0.39 is 11.9 Å². The first kappa shape index (κ1) is 15.0. The summed E-state index contributed by atoms with van der Waals surface area (Å²) < 4.78 is 0.872.